The quantitative estimate of drug-likeness (QED) is 0.841. The summed E-state index contributed by atoms with van der Waals surface area (Å²) < 4.78 is 6.08. The van der Waals surface area contributed by atoms with Gasteiger partial charge in [-0.2, -0.15) is 0 Å². The maximum atomic E-state index is 6.08. The average molecular weight is 232 g/mol. The van der Waals surface area contributed by atoms with Crippen molar-refractivity contribution in [1.82, 2.24) is 10.2 Å². The zero-order valence-corrected chi connectivity index (χ0v) is 10.4. The SMILES string of the molecule is CN1CCCC(Oc2ccc3c(c2)CNC3)C1. The van der Waals surface area contributed by atoms with Gasteiger partial charge in [-0.05, 0) is 49.7 Å². The lowest BCUT2D eigenvalue weighted by atomic mass is 10.1. The number of nitrogens with one attached hydrogen (secondary N) is 1. The summed E-state index contributed by atoms with van der Waals surface area (Å²) in [5.41, 5.74) is 2.81. The molecular weight excluding hydrogens is 212 g/mol. The van der Waals surface area contributed by atoms with Crippen molar-refractivity contribution in [1.29, 1.82) is 0 Å². The lowest BCUT2D eigenvalue weighted by Crippen LogP contribution is -2.38. The van der Waals surface area contributed by atoms with E-state index >= 15 is 0 Å². The molecule has 0 aliphatic carbocycles. The van der Waals surface area contributed by atoms with Crippen LogP contribution in [0.1, 0.15) is 24.0 Å². The van der Waals surface area contributed by atoms with Crippen molar-refractivity contribution in [3.05, 3.63) is 29.3 Å². The molecule has 0 amide bonds. The van der Waals surface area contributed by atoms with Crippen molar-refractivity contribution in [3.63, 3.8) is 0 Å². The number of likely N-dealkylation sites (N-methyl/N-ethyl adjacent to an activating group) is 1. The fourth-order valence-electron chi connectivity index (χ4n) is 2.75. The highest BCUT2D eigenvalue weighted by molar-refractivity contribution is 5.37. The Hall–Kier alpha value is -1.06. The van der Waals surface area contributed by atoms with Crippen LogP contribution in [0.25, 0.3) is 0 Å². The normalized spacial score (nSPS) is 24.6. The van der Waals surface area contributed by atoms with Crippen LogP contribution in [0.15, 0.2) is 18.2 Å². The summed E-state index contributed by atoms with van der Waals surface area (Å²) in [6.45, 7) is 4.24. The van der Waals surface area contributed by atoms with E-state index in [9.17, 15) is 0 Å². The molecule has 17 heavy (non-hydrogen) atoms. The smallest absolute Gasteiger partial charge is 0.120 e. The molecule has 2 heterocycles. The van der Waals surface area contributed by atoms with E-state index in [1.165, 1.54) is 30.5 Å². The number of benzene rings is 1. The Bertz CT molecular complexity index is 405. The first kappa shape index (κ1) is 11.1. The van der Waals surface area contributed by atoms with Gasteiger partial charge in [-0.3, -0.25) is 0 Å². The predicted octanol–water partition coefficient (Wildman–Crippen LogP) is 1.76. The molecule has 1 saturated heterocycles. The molecule has 1 N–H and O–H groups in total. The van der Waals surface area contributed by atoms with Gasteiger partial charge in [0.1, 0.15) is 11.9 Å². The number of ether oxygens (including phenoxy) is 1. The highest BCUT2D eigenvalue weighted by atomic mass is 16.5. The minimum Gasteiger partial charge on any atom is -0.489 e. The first-order chi connectivity index (χ1) is 8.31. The predicted molar refractivity (Wildman–Crippen MR) is 68.1 cm³/mol. The maximum Gasteiger partial charge on any atom is 0.120 e. The van der Waals surface area contributed by atoms with E-state index in [1.54, 1.807) is 0 Å². The van der Waals surface area contributed by atoms with Crippen molar-refractivity contribution in [3.8, 4) is 5.75 Å². The van der Waals surface area contributed by atoms with E-state index in [0.717, 1.165) is 25.4 Å². The zero-order valence-electron chi connectivity index (χ0n) is 10.4. The minimum atomic E-state index is 0.362. The minimum absolute atomic E-state index is 0.362. The molecule has 3 heteroatoms. The van der Waals surface area contributed by atoms with Gasteiger partial charge in [0.05, 0.1) is 0 Å². The van der Waals surface area contributed by atoms with Crippen molar-refractivity contribution in [2.45, 2.75) is 32.0 Å². The molecule has 0 bridgehead atoms. The molecule has 1 atom stereocenters. The highest BCUT2D eigenvalue weighted by Gasteiger charge is 2.19. The summed E-state index contributed by atoms with van der Waals surface area (Å²) in [5.74, 6) is 1.03. The van der Waals surface area contributed by atoms with Crippen LogP contribution in [0, 0.1) is 0 Å². The Morgan fingerprint density at radius 2 is 2.18 bits per heavy atom. The van der Waals surface area contributed by atoms with Crippen LogP contribution in [0.2, 0.25) is 0 Å². The van der Waals surface area contributed by atoms with E-state index in [4.69, 9.17) is 4.74 Å². The molecule has 3 nitrogen and oxygen atoms in total. The molecule has 92 valence electrons. The lowest BCUT2D eigenvalue weighted by molar-refractivity contribution is 0.104. The number of piperidine rings is 1. The van der Waals surface area contributed by atoms with Gasteiger partial charge in [-0.15, -0.1) is 0 Å². The largest absolute Gasteiger partial charge is 0.489 e. The molecule has 0 radical (unpaired) electrons. The zero-order chi connectivity index (χ0) is 11.7. The van der Waals surface area contributed by atoms with Crippen molar-refractivity contribution < 1.29 is 4.74 Å². The van der Waals surface area contributed by atoms with Crippen LogP contribution >= 0.6 is 0 Å². The molecule has 1 aromatic rings. The third kappa shape index (κ3) is 2.45. The number of hydrogen-bond acceptors (Lipinski definition) is 3. The van der Waals surface area contributed by atoms with Gasteiger partial charge in [-0.1, -0.05) is 6.07 Å². The highest BCUT2D eigenvalue weighted by Crippen LogP contribution is 2.24. The van der Waals surface area contributed by atoms with Gasteiger partial charge in [0.15, 0.2) is 0 Å². The number of nitrogens with zero attached hydrogens (tertiary/aromatic N) is 1. The maximum absolute atomic E-state index is 6.08. The molecule has 0 aromatic heterocycles. The topological polar surface area (TPSA) is 24.5 Å². The Kier molecular flexibility index (Phi) is 3.04. The standard InChI is InChI=1S/C14H20N2O/c1-16-6-2-3-14(10-16)17-13-5-4-11-8-15-9-12(11)7-13/h4-5,7,14-15H,2-3,6,8-10H2,1H3. The summed E-state index contributed by atoms with van der Waals surface area (Å²) in [6.07, 6.45) is 2.79. The molecule has 2 aliphatic heterocycles. The van der Waals surface area contributed by atoms with E-state index in [2.05, 4.69) is 35.5 Å². The van der Waals surface area contributed by atoms with Crippen molar-refractivity contribution in [2.75, 3.05) is 20.1 Å². The van der Waals surface area contributed by atoms with E-state index in [1.807, 2.05) is 0 Å². The molecule has 2 aliphatic rings. The molecule has 1 unspecified atom stereocenters. The van der Waals surface area contributed by atoms with Crippen molar-refractivity contribution in [2.24, 2.45) is 0 Å². The number of fused-ring (bicyclic) bond motifs is 1. The summed E-state index contributed by atoms with van der Waals surface area (Å²) in [5, 5.41) is 3.36. The van der Waals surface area contributed by atoms with Crippen LogP contribution in [0.5, 0.6) is 5.75 Å². The van der Waals surface area contributed by atoms with Gasteiger partial charge >= 0.3 is 0 Å². The second-order valence-electron chi connectivity index (χ2n) is 5.18. The third-order valence-electron chi connectivity index (χ3n) is 3.69. The molecule has 1 fully saturated rings. The van der Waals surface area contributed by atoms with Gasteiger partial charge in [0, 0.05) is 19.6 Å². The monoisotopic (exact) mass is 232 g/mol. The van der Waals surface area contributed by atoms with E-state index in [0.29, 0.717) is 6.10 Å². The van der Waals surface area contributed by atoms with Crippen LogP contribution in [0.4, 0.5) is 0 Å². The Morgan fingerprint density at radius 1 is 1.29 bits per heavy atom. The molecule has 0 saturated carbocycles. The van der Waals surface area contributed by atoms with Crippen molar-refractivity contribution >= 4 is 0 Å². The van der Waals surface area contributed by atoms with Gasteiger partial charge in [0.25, 0.3) is 0 Å². The Morgan fingerprint density at radius 3 is 3.06 bits per heavy atom. The number of rotatable bonds is 2. The fourth-order valence-corrected chi connectivity index (χ4v) is 2.75. The molecule has 1 aromatic carbocycles. The Labute approximate surface area is 103 Å². The molecule has 3 rings (SSSR count). The summed E-state index contributed by atoms with van der Waals surface area (Å²) in [7, 11) is 2.17. The first-order valence-electron chi connectivity index (χ1n) is 6.49. The van der Waals surface area contributed by atoms with Crippen LogP contribution in [-0.2, 0) is 13.1 Å². The van der Waals surface area contributed by atoms with E-state index < -0.39 is 0 Å². The third-order valence-corrected chi connectivity index (χ3v) is 3.69. The summed E-state index contributed by atoms with van der Waals surface area (Å²) >= 11 is 0. The van der Waals surface area contributed by atoms with Crippen LogP contribution < -0.4 is 10.1 Å². The summed E-state index contributed by atoms with van der Waals surface area (Å²) in [4.78, 5) is 2.35. The van der Waals surface area contributed by atoms with E-state index in [-0.39, 0.29) is 0 Å². The van der Waals surface area contributed by atoms with Crippen LogP contribution in [-0.4, -0.2) is 31.1 Å². The second kappa shape index (κ2) is 4.67. The second-order valence-corrected chi connectivity index (χ2v) is 5.18. The molecular formula is C14H20N2O. The number of hydrogen-bond donors (Lipinski definition) is 1. The summed E-state index contributed by atoms with van der Waals surface area (Å²) in [6, 6.07) is 6.50. The first-order valence-corrected chi connectivity index (χ1v) is 6.49. The van der Waals surface area contributed by atoms with Gasteiger partial charge < -0.3 is 15.0 Å². The van der Waals surface area contributed by atoms with Crippen LogP contribution in [0.3, 0.4) is 0 Å². The van der Waals surface area contributed by atoms with Gasteiger partial charge in [-0.25, -0.2) is 0 Å². The number of likely N-dealkylation sites (tertiary alicyclic amines) is 1. The average Bonchev–Trinajstić information content (AvgIpc) is 2.76. The molecule has 0 spiro atoms. The Balaban J connectivity index is 1.68. The van der Waals surface area contributed by atoms with Gasteiger partial charge in [0.2, 0.25) is 0 Å². The lowest BCUT2D eigenvalue weighted by Gasteiger charge is -2.30. The fraction of sp³-hybridized carbons (Fsp3) is 0.571.